The number of carbonyl (C=O) groups excluding carboxylic acids is 1. The molecule has 0 bridgehead atoms. The van der Waals surface area contributed by atoms with Crippen molar-refractivity contribution in [3.63, 3.8) is 0 Å². The number of amides is 1. The fourth-order valence-electron chi connectivity index (χ4n) is 4.38. The molecular formula is C21H24N6O. The number of nitrogens with zero attached hydrogens (tertiary/aromatic N) is 5. The third-order valence-electron chi connectivity index (χ3n) is 5.98. The third kappa shape index (κ3) is 3.00. The summed E-state index contributed by atoms with van der Waals surface area (Å²) in [4.78, 5) is 30.1. The first-order chi connectivity index (χ1) is 13.7. The number of rotatable bonds is 3. The second-order valence-electron chi connectivity index (χ2n) is 7.75. The first kappa shape index (κ1) is 17.2. The summed E-state index contributed by atoms with van der Waals surface area (Å²) in [5, 5.41) is 3.33. The van der Waals surface area contributed by atoms with Crippen LogP contribution < -0.4 is 15.1 Å². The van der Waals surface area contributed by atoms with Gasteiger partial charge in [0.2, 0.25) is 11.9 Å². The Balaban J connectivity index is 1.49. The summed E-state index contributed by atoms with van der Waals surface area (Å²) < 4.78 is 0. The number of aliphatic imine (C=N–C) groups is 1. The summed E-state index contributed by atoms with van der Waals surface area (Å²) in [6, 6.07) is 6.65. The Morgan fingerprint density at radius 2 is 2.07 bits per heavy atom. The number of nitrogens with one attached hydrogen (secondary N) is 1. The number of benzene rings is 1. The van der Waals surface area contributed by atoms with Gasteiger partial charge in [-0.2, -0.15) is 4.98 Å². The summed E-state index contributed by atoms with van der Waals surface area (Å²) >= 11 is 0. The van der Waals surface area contributed by atoms with Gasteiger partial charge in [0.15, 0.2) is 5.82 Å². The molecule has 0 radical (unpaired) electrons. The van der Waals surface area contributed by atoms with Gasteiger partial charge in [-0.15, -0.1) is 0 Å². The molecule has 3 heterocycles. The molecule has 1 N–H and O–H groups in total. The van der Waals surface area contributed by atoms with Crippen molar-refractivity contribution in [1.29, 1.82) is 0 Å². The van der Waals surface area contributed by atoms with Crippen LogP contribution in [-0.2, 0) is 11.3 Å². The quantitative estimate of drug-likeness (QED) is 0.890. The van der Waals surface area contributed by atoms with E-state index in [1.54, 1.807) is 11.1 Å². The van der Waals surface area contributed by atoms with E-state index < -0.39 is 0 Å². The van der Waals surface area contributed by atoms with Crippen LogP contribution in [0, 0.1) is 0 Å². The number of fused-ring (bicyclic) bond motifs is 2. The Morgan fingerprint density at radius 1 is 1.21 bits per heavy atom. The highest BCUT2D eigenvalue weighted by atomic mass is 16.2. The van der Waals surface area contributed by atoms with Crippen LogP contribution in [-0.4, -0.2) is 41.7 Å². The monoisotopic (exact) mass is 376 g/mol. The maximum atomic E-state index is 12.4. The highest BCUT2D eigenvalue weighted by Crippen LogP contribution is 2.36. The van der Waals surface area contributed by atoms with Crippen LogP contribution in [0.15, 0.2) is 29.4 Å². The van der Waals surface area contributed by atoms with Gasteiger partial charge in [-0.3, -0.25) is 9.79 Å². The molecule has 7 heteroatoms. The lowest BCUT2D eigenvalue weighted by atomic mass is 10.1. The van der Waals surface area contributed by atoms with Gasteiger partial charge in [0, 0.05) is 38.0 Å². The molecule has 1 amide bonds. The average Bonchev–Trinajstić information content (AvgIpc) is 3.37. The lowest BCUT2D eigenvalue weighted by Gasteiger charge is -2.30. The molecule has 0 saturated heterocycles. The molecule has 1 saturated carbocycles. The molecule has 1 fully saturated rings. The van der Waals surface area contributed by atoms with E-state index in [9.17, 15) is 4.79 Å². The smallest absolute Gasteiger partial charge is 0.229 e. The largest absolute Gasteiger partial charge is 0.351 e. The minimum atomic E-state index is 0.115. The van der Waals surface area contributed by atoms with E-state index in [2.05, 4.69) is 32.3 Å². The van der Waals surface area contributed by atoms with Gasteiger partial charge in [-0.25, -0.2) is 4.98 Å². The number of hydrogen-bond donors (Lipinski definition) is 1. The predicted octanol–water partition coefficient (Wildman–Crippen LogP) is 3.27. The summed E-state index contributed by atoms with van der Waals surface area (Å²) in [7, 11) is 1.82. The zero-order chi connectivity index (χ0) is 19.1. The minimum Gasteiger partial charge on any atom is -0.351 e. The predicted molar refractivity (Wildman–Crippen MR) is 111 cm³/mol. The van der Waals surface area contributed by atoms with Crippen LogP contribution in [0.25, 0.3) is 0 Å². The van der Waals surface area contributed by atoms with Crippen LogP contribution in [0.2, 0.25) is 0 Å². The molecule has 1 aromatic heterocycles. The molecule has 0 atom stereocenters. The molecular weight excluding hydrogens is 352 g/mol. The van der Waals surface area contributed by atoms with Crippen molar-refractivity contribution >= 4 is 35.3 Å². The summed E-state index contributed by atoms with van der Waals surface area (Å²) in [6.07, 6.45) is 8.99. The van der Waals surface area contributed by atoms with Crippen LogP contribution in [0.4, 0.5) is 23.1 Å². The summed E-state index contributed by atoms with van der Waals surface area (Å²) in [5.74, 6) is 1.53. The van der Waals surface area contributed by atoms with Crippen LogP contribution in [0.5, 0.6) is 0 Å². The van der Waals surface area contributed by atoms with E-state index >= 15 is 0 Å². The standard InChI is InChI=1S/C21H24N6O/c1-26-18-13-23-21(24-16-7-6-14-11-22-12-15(14)10-16)25-20(18)27(9-8-19(26)28)17-4-2-3-5-17/h6-7,10,12-13,17H,2-5,8-9,11H2,1H3,(H,23,24,25). The zero-order valence-electron chi connectivity index (χ0n) is 16.1. The van der Waals surface area contributed by atoms with Gasteiger partial charge >= 0.3 is 0 Å². The molecule has 28 heavy (non-hydrogen) atoms. The van der Waals surface area contributed by atoms with Gasteiger partial charge in [-0.05, 0) is 36.1 Å². The van der Waals surface area contributed by atoms with Crippen molar-refractivity contribution in [2.24, 2.45) is 4.99 Å². The molecule has 1 aromatic carbocycles. The van der Waals surface area contributed by atoms with Gasteiger partial charge in [0.05, 0.1) is 12.7 Å². The van der Waals surface area contributed by atoms with E-state index in [-0.39, 0.29) is 5.91 Å². The number of hydrogen-bond acceptors (Lipinski definition) is 6. The van der Waals surface area contributed by atoms with E-state index in [1.165, 1.54) is 18.4 Å². The van der Waals surface area contributed by atoms with Gasteiger partial charge < -0.3 is 15.1 Å². The molecule has 0 unspecified atom stereocenters. The highest BCUT2D eigenvalue weighted by molar-refractivity contribution is 5.97. The maximum absolute atomic E-state index is 12.4. The average molecular weight is 376 g/mol. The minimum absolute atomic E-state index is 0.115. The highest BCUT2D eigenvalue weighted by Gasteiger charge is 2.31. The van der Waals surface area contributed by atoms with E-state index in [1.807, 2.05) is 19.3 Å². The van der Waals surface area contributed by atoms with Crippen molar-refractivity contribution in [3.8, 4) is 0 Å². The molecule has 144 valence electrons. The molecule has 3 aliphatic rings. The van der Waals surface area contributed by atoms with Crippen molar-refractivity contribution in [1.82, 2.24) is 9.97 Å². The van der Waals surface area contributed by atoms with Crippen molar-refractivity contribution < 1.29 is 4.79 Å². The third-order valence-corrected chi connectivity index (χ3v) is 5.98. The molecule has 1 aliphatic carbocycles. The van der Waals surface area contributed by atoms with Crippen LogP contribution in [0.1, 0.15) is 43.2 Å². The molecule has 2 aliphatic heterocycles. The van der Waals surface area contributed by atoms with Gasteiger partial charge in [0.1, 0.15) is 5.69 Å². The fourth-order valence-corrected chi connectivity index (χ4v) is 4.38. The topological polar surface area (TPSA) is 73.7 Å². The van der Waals surface area contributed by atoms with E-state index in [0.717, 1.165) is 42.1 Å². The van der Waals surface area contributed by atoms with Crippen molar-refractivity contribution in [3.05, 3.63) is 35.5 Å². The lowest BCUT2D eigenvalue weighted by molar-refractivity contribution is -0.118. The molecule has 7 nitrogen and oxygen atoms in total. The normalized spacial score (nSPS) is 19.0. The van der Waals surface area contributed by atoms with Crippen LogP contribution >= 0.6 is 0 Å². The molecule has 2 aromatic rings. The van der Waals surface area contributed by atoms with E-state index in [0.29, 0.717) is 25.0 Å². The Kier molecular flexibility index (Phi) is 4.22. The second kappa shape index (κ2) is 6.89. The lowest BCUT2D eigenvalue weighted by Crippen LogP contribution is -2.34. The van der Waals surface area contributed by atoms with Crippen LogP contribution in [0.3, 0.4) is 0 Å². The first-order valence-corrected chi connectivity index (χ1v) is 9.99. The Morgan fingerprint density at radius 3 is 2.93 bits per heavy atom. The number of carbonyl (C=O) groups is 1. The number of anilines is 4. The SMILES string of the molecule is CN1C(=O)CCN(C2CCCC2)c2nc(Nc3ccc4c(c3)C=NC4)ncc21. The second-order valence-corrected chi connectivity index (χ2v) is 7.75. The number of aromatic nitrogens is 2. The summed E-state index contributed by atoms with van der Waals surface area (Å²) in [5.41, 5.74) is 4.11. The summed E-state index contributed by atoms with van der Waals surface area (Å²) in [6.45, 7) is 1.47. The first-order valence-electron chi connectivity index (χ1n) is 9.99. The Bertz CT molecular complexity index is 950. The van der Waals surface area contributed by atoms with Gasteiger partial charge in [-0.1, -0.05) is 18.9 Å². The Labute approximate surface area is 164 Å². The fraction of sp³-hybridized carbons (Fsp3) is 0.429. The Hall–Kier alpha value is -2.96. The van der Waals surface area contributed by atoms with Gasteiger partial charge in [0.25, 0.3) is 0 Å². The maximum Gasteiger partial charge on any atom is 0.229 e. The van der Waals surface area contributed by atoms with Crippen molar-refractivity contribution in [2.75, 3.05) is 28.7 Å². The molecule has 5 rings (SSSR count). The molecule has 0 spiro atoms. The van der Waals surface area contributed by atoms with Crippen molar-refractivity contribution in [2.45, 2.75) is 44.7 Å². The van der Waals surface area contributed by atoms with E-state index in [4.69, 9.17) is 4.98 Å². The zero-order valence-corrected chi connectivity index (χ0v) is 16.1.